The van der Waals surface area contributed by atoms with Crippen molar-refractivity contribution in [3.63, 3.8) is 0 Å². The topological polar surface area (TPSA) is 104 Å². The van der Waals surface area contributed by atoms with E-state index in [1.807, 2.05) is 0 Å². The van der Waals surface area contributed by atoms with E-state index in [9.17, 15) is 9.13 Å². The minimum atomic E-state index is -0.751. The van der Waals surface area contributed by atoms with Gasteiger partial charge in [-0.1, -0.05) is 0 Å². The molecule has 1 fully saturated rings. The van der Waals surface area contributed by atoms with Crippen molar-refractivity contribution in [2.45, 2.75) is 30.2 Å². The van der Waals surface area contributed by atoms with Gasteiger partial charge in [0.15, 0.2) is 28.4 Å². The number of rotatable bonds is 3. The predicted octanol–water partition coefficient (Wildman–Crippen LogP) is 2.20. The van der Waals surface area contributed by atoms with Crippen LogP contribution in [-0.2, 0) is 14.4 Å². The summed E-state index contributed by atoms with van der Waals surface area (Å²) in [5, 5.41) is -0.751. The predicted molar refractivity (Wildman–Crippen MR) is 70.6 cm³/mol. The molecule has 19 heavy (non-hydrogen) atoms. The van der Waals surface area contributed by atoms with E-state index in [0.717, 1.165) is 12.8 Å². The summed E-state index contributed by atoms with van der Waals surface area (Å²) in [6.07, 6.45) is 5.22. The third kappa shape index (κ3) is 1.69. The number of fused-ring (bicyclic) bond motifs is 1. The van der Waals surface area contributed by atoms with E-state index in [2.05, 4.69) is 15.0 Å². The average Bonchev–Trinajstić information content (AvgIpc) is 3.02. The smallest absolute Gasteiger partial charge is 0.185 e. The maximum atomic E-state index is 11.8. The van der Waals surface area contributed by atoms with E-state index in [1.54, 1.807) is 10.9 Å². The van der Waals surface area contributed by atoms with Gasteiger partial charge in [-0.3, -0.25) is 13.7 Å². The van der Waals surface area contributed by atoms with Crippen LogP contribution in [0, 0.1) is 0 Å². The van der Waals surface area contributed by atoms with Gasteiger partial charge in [0, 0.05) is 0 Å². The van der Waals surface area contributed by atoms with Gasteiger partial charge in [0.25, 0.3) is 0 Å². The molecule has 9 heteroatoms. The number of hydrogen-bond acceptors (Lipinski definition) is 6. The van der Waals surface area contributed by atoms with Crippen molar-refractivity contribution in [1.82, 2.24) is 19.5 Å². The van der Waals surface area contributed by atoms with Crippen LogP contribution in [0.2, 0.25) is 0 Å². The molecule has 1 aliphatic rings. The van der Waals surface area contributed by atoms with Crippen LogP contribution in [0.1, 0.15) is 19.3 Å². The lowest BCUT2D eigenvalue weighted by Crippen LogP contribution is -2.32. The summed E-state index contributed by atoms with van der Waals surface area (Å²) >= 11 is 0. The van der Waals surface area contributed by atoms with E-state index < -0.39 is 5.28 Å². The van der Waals surface area contributed by atoms with Gasteiger partial charge >= 0.3 is 0 Å². The highest BCUT2D eigenvalue weighted by atomic mass is 31.1. The summed E-state index contributed by atoms with van der Waals surface area (Å²) in [6, 6.07) is 0. The number of imidazole rings is 1. The van der Waals surface area contributed by atoms with Gasteiger partial charge < -0.3 is 5.73 Å². The maximum absolute atomic E-state index is 11.8. The molecule has 7 nitrogen and oxygen atoms in total. The molecule has 2 unspecified atom stereocenters. The van der Waals surface area contributed by atoms with Crippen LogP contribution < -0.4 is 5.73 Å². The SMILES string of the molecule is Nc1ncnc2c1ncn2C1(P=O)CCCC1P=O. The summed E-state index contributed by atoms with van der Waals surface area (Å²) < 4.78 is 24.8. The van der Waals surface area contributed by atoms with Crippen LogP contribution in [0.3, 0.4) is 0 Å². The molecular formula is C10H11N5O2P2. The summed E-state index contributed by atoms with van der Waals surface area (Å²) in [5.74, 6) is 0.288. The summed E-state index contributed by atoms with van der Waals surface area (Å²) in [7, 11) is -0.0828. The molecule has 0 bridgehead atoms. The maximum Gasteiger partial charge on any atom is 0.185 e. The lowest BCUT2D eigenvalue weighted by Gasteiger charge is -2.26. The Morgan fingerprint density at radius 2 is 2.21 bits per heavy atom. The van der Waals surface area contributed by atoms with Crippen LogP contribution in [-0.4, -0.2) is 25.2 Å². The van der Waals surface area contributed by atoms with E-state index in [0.29, 0.717) is 17.6 Å². The summed E-state index contributed by atoms with van der Waals surface area (Å²) in [6.45, 7) is 0. The van der Waals surface area contributed by atoms with Crippen molar-refractivity contribution in [1.29, 1.82) is 0 Å². The molecule has 2 aromatic rings. The molecule has 0 radical (unpaired) electrons. The Morgan fingerprint density at radius 3 is 2.95 bits per heavy atom. The third-order valence-corrected chi connectivity index (χ3v) is 5.83. The quantitative estimate of drug-likeness (QED) is 0.870. The average molecular weight is 295 g/mol. The lowest BCUT2D eigenvalue weighted by molar-refractivity contribution is 0.439. The van der Waals surface area contributed by atoms with Crippen molar-refractivity contribution >= 4 is 33.9 Å². The van der Waals surface area contributed by atoms with Crippen LogP contribution in [0.15, 0.2) is 12.7 Å². The summed E-state index contributed by atoms with van der Waals surface area (Å²) in [4.78, 5) is 12.2. The first kappa shape index (κ1) is 12.6. The fraction of sp³-hybridized carbons (Fsp3) is 0.500. The van der Waals surface area contributed by atoms with Gasteiger partial charge in [-0.2, -0.15) is 0 Å². The van der Waals surface area contributed by atoms with Gasteiger partial charge in [0.1, 0.15) is 17.1 Å². The number of aromatic nitrogens is 4. The normalized spacial score (nSPS) is 27.5. The zero-order chi connectivity index (χ0) is 13.5. The molecular weight excluding hydrogens is 284 g/mol. The molecule has 2 N–H and O–H groups in total. The van der Waals surface area contributed by atoms with Gasteiger partial charge in [-0.05, 0) is 19.3 Å². The lowest BCUT2D eigenvalue weighted by atomic mass is 10.2. The molecule has 2 aromatic heterocycles. The van der Waals surface area contributed by atoms with Crippen molar-refractivity contribution in [2.75, 3.05) is 5.73 Å². The van der Waals surface area contributed by atoms with Gasteiger partial charge in [0.2, 0.25) is 0 Å². The number of nitrogens with zero attached hydrogens (tertiary/aromatic N) is 4. The molecule has 0 amide bonds. The van der Waals surface area contributed by atoms with Gasteiger partial charge in [-0.15, -0.1) is 0 Å². The Labute approximate surface area is 112 Å². The highest BCUT2D eigenvalue weighted by molar-refractivity contribution is 7.30. The Bertz CT molecular complexity index is 660. The number of nitrogens with two attached hydrogens (primary N) is 1. The fourth-order valence-corrected chi connectivity index (χ4v) is 4.39. The molecule has 2 atom stereocenters. The molecule has 98 valence electrons. The minimum absolute atomic E-state index is 0.00475. The van der Waals surface area contributed by atoms with Gasteiger partial charge in [-0.25, -0.2) is 15.0 Å². The zero-order valence-corrected chi connectivity index (χ0v) is 11.7. The van der Waals surface area contributed by atoms with Crippen molar-refractivity contribution in [3.05, 3.63) is 12.7 Å². The molecule has 0 saturated heterocycles. The second-order valence-corrected chi connectivity index (χ2v) is 6.32. The largest absolute Gasteiger partial charge is 0.382 e. The van der Waals surface area contributed by atoms with Crippen molar-refractivity contribution in [3.8, 4) is 0 Å². The third-order valence-electron chi connectivity index (χ3n) is 3.62. The number of anilines is 1. The van der Waals surface area contributed by atoms with Crippen molar-refractivity contribution < 1.29 is 9.13 Å². The molecule has 1 saturated carbocycles. The molecule has 0 spiro atoms. The van der Waals surface area contributed by atoms with Crippen LogP contribution in [0.25, 0.3) is 11.2 Å². The molecule has 3 rings (SSSR count). The second-order valence-electron chi connectivity index (χ2n) is 4.53. The Kier molecular flexibility index (Phi) is 3.03. The Balaban J connectivity index is 2.25. The highest BCUT2D eigenvalue weighted by Gasteiger charge is 2.47. The van der Waals surface area contributed by atoms with Crippen molar-refractivity contribution in [2.24, 2.45) is 0 Å². The summed E-state index contributed by atoms with van der Waals surface area (Å²) in [5.41, 5.74) is 6.56. The van der Waals surface area contributed by atoms with Crippen LogP contribution in [0.5, 0.6) is 0 Å². The Hall–Kier alpha value is -1.45. The number of hydrogen-bond donors (Lipinski definition) is 1. The van der Waals surface area contributed by atoms with E-state index >= 15 is 0 Å². The first-order valence-corrected chi connectivity index (χ1v) is 7.53. The van der Waals surface area contributed by atoms with E-state index in [1.165, 1.54) is 6.33 Å². The van der Waals surface area contributed by atoms with E-state index in [4.69, 9.17) is 5.73 Å². The molecule has 1 aliphatic carbocycles. The fourth-order valence-electron chi connectivity index (χ4n) is 2.66. The molecule has 0 aromatic carbocycles. The second kappa shape index (κ2) is 4.58. The monoisotopic (exact) mass is 295 g/mol. The molecule has 2 heterocycles. The standard InChI is InChI=1S/C10H11N5O2P2/c11-8-7-9(13-4-12-8)15(5-14-7)10(19-17)3-1-2-6(10)18-16/h4-6H,1-3H2,(H2,11,12,13). The zero-order valence-electron chi connectivity index (χ0n) is 9.93. The minimum Gasteiger partial charge on any atom is -0.382 e. The first-order chi connectivity index (χ1) is 9.23. The van der Waals surface area contributed by atoms with Crippen LogP contribution in [0.4, 0.5) is 5.82 Å². The van der Waals surface area contributed by atoms with Crippen LogP contribution >= 0.6 is 16.9 Å². The van der Waals surface area contributed by atoms with Gasteiger partial charge in [0.05, 0.1) is 12.0 Å². The number of nitrogen functional groups attached to an aromatic ring is 1. The molecule has 0 aliphatic heterocycles. The van der Waals surface area contributed by atoms with E-state index in [-0.39, 0.29) is 28.4 Å². The Morgan fingerprint density at radius 1 is 1.37 bits per heavy atom. The highest BCUT2D eigenvalue weighted by Crippen LogP contribution is 2.51. The first-order valence-electron chi connectivity index (χ1n) is 5.84.